The largest absolute Gasteiger partial charge is 0.390 e. The van der Waals surface area contributed by atoms with Gasteiger partial charge in [-0.1, -0.05) is 32.4 Å². The minimum Gasteiger partial charge on any atom is -0.390 e. The van der Waals surface area contributed by atoms with Gasteiger partial charge in [-0.05, 0) is 25.2 Å². The van der Waals surface area contributed by atoms with Crippen molar-refractivity contribution in [2.45, 2.75) is 51.2 Å². The van der Waals surface area contributed by atoms with E-state index in [4.69, 9.17) is 0 Å². The third kappa shape index (κ3) is 1.79. The van der Waals surface area contributed by atoms with Gasteiger partial charge in [0.2, 0.25) is 0 Å². The zero-order chi connectivity index (χ0) is 10.1. The molecule has 0 heterocycles. The van der Waals surface area contributed by atoms with Gasteiger partial charge in [0, 0.05) is 0 Å². The molecule has 1 aliphatic carbocycles. The zero-order valence-electron chi connectivity index (χ0n) is 8.58. The van der Waals surface area contributed by atoms with Crippen molar-refractivity contribution in [1.29, 1.82) is 0 Å². The Morgan fingerprint density at radius 2 is 2.08 bits per heavy atom. The van der Waals surface area contributed by atoms with Crippen LogP contribution in [0.25, 0.3) is 0 Å². The summed E-state index contributed by atoms with van der Waals surface area (Å²) in [7, 11) is 0. The van der Waals surface area contributed by atoms with E-state index in [0.29, 0.717) is 12.8 Å². The molecule has 0 aromatic carbocycles. The van der Waals surface area contributed by atoms with Gasteiger partial charge in [-0.25, -0.2) is 0 Å². The van der Waals surface area contributed by atoms with E-state index in [1.165, 1.54) is 0 Å². The average Bonchev–Trinajstić information content (AvgIpc) is 2.11. The summed E-state index contributed by atoms with van der Waals surface area (Å²) >= 11 is 0. The number of rotatable bonds is 2. The van der Waals surface area contributed by atoms with Crippen LogP contribution < -0.4 is 0 Å². The van der Waals surface area contributed by atoms with Gasteiger partial charge >= 0.3 is 0 Å². The number of hydrogen-bond acceptors (Lipinski definition) is 2. The van der Waals surface area contributed by atoms with Gasteiger partial charge in [-0.15, -0.1) is 0 Å². The highest BCUT2D eigenvalue weighted by Gasteiger charge is 2.44. The highest BCUT2D eigenvalue weighted by atomic mass is 16.3. The molecule has 3 atom stereocenters. The first kappa shape index (κ1) is 10.7. The summed E-state index contributed by atoms with van der Waals surface area (Å²) in [4.78, 5) is 0. The highest BCUT2D eigenvalue weighted by Crippen LogP contribution is 2.40. The maximum atomic E-state index is 10.2. The molecule has 1 rings (SSSR count). The van der Waals surface area contributed by atoms with E-state index >= 15 is 0 Å². The third-order valence-electron chi connectivity index (χ3n) is 3.36. The summed E-state index contributed by atoms with van der Waals surface area (Å²) in [5.74, 6) is 0.175. The molecule has 0 unspecified atom stereocenters. The van der Waals surface area contributed by atoms with Crippen LogP contribution in [0.1, 0.15) is 39.5 Å². The number of aliphatic hydroxyl groups excluding tert-OH is 1. The molecule has 2 nitrogen and oxygen atoms in total. The van der Waals surface area contributed by atoms with Gasteiger partial charge in [-0.2, -0.15) is 0 Å². The lowest BCUT2D eigenvalue weighted by Gasteiger charge is -2.43. The topological polar surface area (TPSA) is 40.5 Å². The molecule has 0 aromatic rings. The first-order valence-corrected chi connectivity index (χ1v) is 5.11. The molecule has 13 heavy (non-hydrogen) atoms. The quantitative estimate of drug-likeness (QED) is 0.643. The van der Waals surface area contributed by atoms with Crippen LogP contribution in [0.4, 0.5) is 0 Å². The van der Waals surface area contributed by atoms with Crippen molar-refractivity contribution in [3.63, 3.8) is 0 Å². The zero-order valence-corrected chi connectivity index (χ0v) is 8.58. The Bertz CT molecular complexity index is 200. The summed E-state index contributed by atoms with van der Waals surface area (Å²) in [5, 5.41) is 20.0. The highest BCUT2D eigenvalue weighted by molar-refractivity contribution is 5.10. The minimum atomic E-state index is -0.879. The van der Waals surface area contributed by atoms with Crippen LogP contribution in [0, 0.1) is 5.92 Å². The molecule has 0 aliphatic heterocycles. The second-order valence-electron chi connectivity index (χ2n) is 4.12. The molecule has 0 spiro atoms. The van der Waals surface area contributed by atoms with E-state index in [1.54, 1.807) is 0 Å². The molecule has 0 bridgehead atoms. The first-order valence-electron chi connectivity index (χ1n) is 5.11. The van der Waals surface area contributed by atoms with Crippen LogP contribution in [0.3, 0.4) is 0 Å². The van der Waals surface area contributed by atoms with Crippen LogP contribution in [-0.4, -0.2) is 21.9 Å². The average molecular weight is 184 g/mol. The van der Waals surface area contributed by atoms with E-state index in [2.05, 4.69) is 13.5 Å². The monoisotopic (exact) mass is 184 g/mol. The molecule has 0 amide bonds. The fourth-order valence-corrected chi connectivity index (χ4v) is 2.35. The van der Waals surface area contributed by atoms with Crippen molar-refractivity contribution in [3.05, 3.63) is 12.2 Å². The molecule has 0 aromatic heterocycles. The maximum absolute atomic E-state index is 10.2. The SMILES string of the molecule is C=C1C[C@@H](CC)[C@](O)(CC)[C@@H](O)C1. The van der Waals surface area contributed by atoms with Gasteiger partial charge in [0.05, 0.1) is 11.7 Å². The molecule has 2 N–H and O–H groups in total. The van der Waals surface area contributed by atoms with Gasteiger partial charge < -0.3 is 10.2 Å². The van der Waals surface area contributed by atoms with Crippen molar-refractivity contribution >= 4 is 0 Å². The lowest BCUT2D eigenvalue weighted by molar-refractivity contribution is -0.128. The van der Waals surface area contributed by atoms with Crippen molar-refractivity contribution in [2.24, 2.45) is 5.92 Å². The Hall–Kier alpha value is -0.340. The molecule has 2 heteroatoms. The molecule has 0 saturated heterocycles. The Morgan fingerprint density at radius 1 is 1.46 bits per heavy atom. The Kier molecular flexibility index (Phi) is 3.14. The fraction of sp³-hybridized carbons (Fsp3) is 0.818. The molecular weight excluding hydrogens is 164 g/mol. The van der Waals surface area contributed by atoms with Crippen molar-refractivity contribution in [3.8, 4) is 0 Å². The second-order valence-corrected chi connectivity index (χ2v) is 4.12. The summed E-state index contributed by atoms with van der Waals surface area (Å²) in [6.07, 6.45) is 2.32. The molecular formula is C11H20O2. The predicted octanol–water partition coefficient (Wildman–Crippen LogP) is 1.86. The summed E-state index contributed by atoms with van der Waals surface area (Å²) in [6, 6.07) is 0. The molecule has 0 radical (unpaired) electrons. The Balaban J connectivity index is 2.83. The minimum absolute atomic E-state index is 0.175. The summed E-state index contributed by atoms with van der Waals surface area (Å²) in [5.41, 5.74) is 0.188. The number of aliphatic hydroxyl groups is 2. The molecule has 76 valence electrons. The van der Waals surface area contributed by atoms with Crippen LogP contribution in [-0.2, 0) is 0 Å². The van der Waals surface area contributed by atoms with Crippen molar-refractivity contribution in [2.75, 3.05) is 0 Å². The lowest BCUT2D eigenvalue weighted by atomic mass is 9.69. The molecule has 1 saturated carbocycles. The maximum Gasteiger partial charge on any atom is 0.0936 e. The van der Waals surface area contributed by atoms with Crippen LogP contribution in [0.15, 0.2) is 12.2 Å². The van der Waals surface area contributed by atoms with Gasteiger partial charge in [-0.3, -0.25) is 0 Å². The van der Waals surface area contributed by atoms with Gasteiger partial charge in [0.1, 0.15) is 0 Å². The van der Waals surface area contributed by atoms with E-state index in [9.17, 15) is 10.2 Å². The van der Waals surface area contributed by atoms with E-state index in [1.807, 2.05) is 6.92 Å². The normalized spacial score (nSPS) is 40.8. The van der Waals surface area contributed by atoms with Crippen LogP contribution in [0.5, 0.6) is 0 Å². The predicted molar refractivity (Wildman–Crippen MR) is 53.4 cm³/mol. The summed E-state index contributed by atoms with van der Waals surface area (Å²) < 4.78 is 0. The Morgan fingerprint density at radius 3 is 2.54 bits per heavy atom. The van der Waals surface area contributed by atoms with E-state index < -0.39 is 11.7 Å². The fourth-order valence-electron chi connectivity index (χ4n) is 2.35. The van der Waals surface area contributed by atoms with E-state index in [-0.39, 0.29) is 5.92 Å². The number of hydrogen-bond donors (Lipinski definition) is 2. The third-order valence-corrected chi connectivity index (χ3v) is 3.36. The van der Waals surface area contributed by atoms with Crippen LogP contribution >= 0.6 is 0 Å². The first-order chi connectivity index (χ1) is 6.04. The van der Waals surface area contributed by atoms with Crippen molar-refractivity contribution in [1.82, 2.24) is 0 Å². The standard InChI is InChI=1S/C11H20O2/c1-4-9-6-8(3)7-10(12)11(9,13)5-2/h9-10,12-13H,3-7H2,1-2H3/t9-,10+,11-/m1/s1. The lowest BCUT2D eigenvalue weighted by Crippen LogP contribution is -2.51. The summed E-state index contributed by atoms with van der Waals surface area (Å²) in [6.45, 7) is 7.87. The smallest absolute Gasteiger partial charge is 0.0936 e. The van der Waals surface area contributed by atoms with Gasteiger partial charge in [0.15, 0.2) is 0 Å². The molecule has 1 aliphatic rings. The van der Waals surface area contributed by atoms with E-state index in [0.717, 1.165) is 18.4 Å². The van der Waals surface area contributed by atoms with Crippen LogP contribution in [0.2, 0.25) is 0 Å². The Labute approximate surface area is 80.3 Å². The van der Waals surface area contributed by atoms with Gasteiger partial charge in [0.25, 0.3) is 0 Å². The second kappa shape index (κ2) is 3.81. The molecule has 1 fully saturated rings. The van der Waals surface area contributed by atoms with Crippen molar-refractivity contribution < 1.29 is 10.2 Å².